The molecule has 1 aromatic rings. The van der Waals surface area contributed by atoms with E-state index >= 15 is 0 Å². The molecule has 8 heteroatoms. The summed E-state index contributed by atoms with van der Waals surface area (Å²) < 4.78 is 24.5. The van der Waals surface area contributed by atoms with Crippen molar-refractivity contribution in [2.24, 2.45) is 5.92 Å². The first-order chi connectivity index (χ1) is 8.95. The lowest BCUT2D eigenvalue weighted by atomic mass is 10.00. The number of thiazole rings is 1. The first-order valence-electron chi connectivity index (χ1n) is 6.27. The fraction of sp³-hybridized carbons (Fsp3) is 0.727. The van der Waals surface area contributed by atoms with Gasteiger partial charge in [-0.2, -0.15) is 0 Å². The topological polar surface area (TPSA) is 82.3 Å². The number of rotatable bonds is 5. The van der Waals surface area contributed by atoms with Crippen molar-refractivity contribution in [3.63, 3.8) is 0 Å². The first kappa shape index (κ1) is 14.7. The Bertz CT molecular complexity index is 564. The number of hydrogen-bond donors (Lipinski definition) is 2. The van der Waals surface area contributed by atoms with E-state index < -0.39 is 10.0 Å². The molecule has 1 saturated heterocycles. The molecular weight excluding hydrogens is 286 g/mol. The zero-order valence-electron chi connectivity index (χ0n) is 10.9. The molecule has 0 aliphatic carbocycles. The predicted octanol–water partition coefficient (Wildman–Crippen LogP) is 0.198. The largest absolute Gasteiger partial charge is 0.315 e. The smallest absolute Gasteiger partial charge is 0.304 e. The number of aromatic amines is 1. The molecule has 0 amide bonds. The van der Waals surface area contributed by atoms with Gasteiger partial charge in [-0.1, -0.05) is 11.3 Å². The van der Waals surface area contributed by atoms with Crippen LogP contribution in [0.2, 0.25) is 0 Å². The summed E-state index contributed by atoms with van der Waals surface area (Å²) >= 11 is 1.16. The van der Waals surface area contributed by atoms with Crippen LogP contribution in [-0.2, 0) is 16.6 Å². The van der Waals surface area contributed by atoms with Gasteiger partial charge in [0, 0.05) is 30.7 Å². The zero-order chi connectivity index (χ0) is 13.9. The highest BCUT2D eigenvalue weighted by molar-refractivity contribution is 7.88. The number of sulfonamides is 1. The highest BCUT2D eigenvalue weighted by Gasteiger charge is 2.25. The highest BCUT2D eigenvalue weighted by atomic mass is 32.2. The molecule has 0 bridgehead atoms. The monoisotopic (exact) mass is 305 g/mol. The Morgan fingerprint density at radius 2 is 2.37 bits per heavy atom. The number of nitrogens with one attached hydrogen (secondary N) is 2. The van der Waals surface area contributed by atoms with Crippen LogP contribution >= 0.6 is 11.3 Å². The van der Waals surface area contributed by atoms with Gasteiger partial charge >= 0.3 is 4.87 Å². The summed E-state index contributed by atoms with van der Waals surface area (Å²) in [6.45, 7) is 2.61. The van der Waals surface area contributed by atoms with Gasteiger partial charge in [0.1, 0.15) is 0 Å². The summed E-state index contributed by atoms with van der Waals surface area (Å²) in [4.78, 5) is 13.7. The Balaban J connectivity index is 1.78. The van der Waals surface area contributed by atoms with Crippen LogP contribution in [-0.4, -0.2) is 43.6 Å². The van der Waals surface area contributed by atoms with Gasteiger partial charge in [-0.05, 0) is 25.3 Å². The van der Waals surface area contributed by atoms with E-state index in [-0.39, 0.29) is 4.87 Å². The van der Waals surface area contributed by atoms with Crippen molar-refractivity contribution < 1.29 is 8.42 Å². The van der Waals surface area contributed by atoms with Crippen LogP contribution in [0.1, 0.15) is 18.5 Å². The molecule has 19 heavy (non-hydrogen) atoms. The molecule has 0 aromatic carbocycles. The van der Waals surface area contributed by atoms with Crippen LogP contribution < -0.4 is 10.2 Å². The molecule has 2 N–H and O–H groups in total. The Morgan fingerprint density at radius 1 is 1.58 bits per heavy atom. The van der Waals surface area contributed by atoms with E-state index in [1.54, 1.807) is 9.69 Å². The van der Waals surface area contributed by atoms with Gasteiger partial charge in [0.2, 0.25) is 10.0 Å². The molecule has 6 nitrogen and oxygen atoms in total. The minimum atomic E-state index is -3.07. The Hall–Kier alpha value is -0.700. The number of H-pyrrole nitrogens is 1. The lowest BCUT2D eigenvalue weighted by Crippen LogP contribution is -2.42. The molecule has 0 spiro atoms. The summed E-state index contributed by atoms with van der Waals surface area (Å²) in [6.07, 6.45) is 3.22. The van der Waals surface area contributed by atoms with Gasteiger partial charge < -0.3 is 10.3 Å². The Labute approximate surface area is 116 Å². The van der Waals surface area contributed by atoms with Gasteiger partial charge in [-0.3, -0.25) is 4.79 Å². The van der Waals surface area contributed by atoms with E-state index in [9.17, 15) is 13.2 Å². The van der Waals surface area contributed by atoms with Gasteiger partial charge in [-0.15, -0.1) is 0 Å². The Kier molecular flexibility index (Phi) is 4.77. The molecule has 1 aliphatic heterocycles. The van der Waals surface area contributed by atoms with Crippen LogP contribution in [0.25, 0.3) is 0 Å². The fourth-order valence-electron chi connectivity index (χ4n) is 2.31. The van der Waals surface area contributed by atoms with Crippen LogP contribution in [0.5, 0.6) is 0 Å². The molecule has 1 fully saturated rings. The molecule has 1 unspecified atom stereocenters. The first-order valence-corrected chi connectivity index (χ1v) is 9.00. The minimum absolute atomic E-state index is 0.0438. The lowest BCUT2D eigenvalue weighted by molar-refractivity contribution is 0.261. The van der Waals surface area contributed by atoms with E-state index in [1.807, 2.05) is 0 Å². The molecule has 0 saturated carbocycles. The average molecular weight is 305 g/mol. The zero-order valence-corrected chi connectivity index (χ0v) is 12.5. The molecule has 2 rings (SSSR count). The maximum Gasteiger partial charge on any atom is 0.304 e. The normalized spacial score (nSPS) is 21.6. The van der Waals surface area contributed by atoms with Gasteiger partial charge in [-0.25, -0.2) is 12.7 Å². The molecule has 1 atom stereocenters. The SMILES string of the molecule is CS(=O)(=O)N1CCCC(CNCc2csc(=O)[nH]2)C1. The summed E-state index contributed by atoms with van der Waals surface area (Å²) in [6, 6.07) is 0. The van der Waals surface area contributed by atoms with E-state index in [0.29, 0.717) is 25.6 Å². The quantitative estimate of drug-likeness (QED) is 0.814. The van der Waals surface area contributed by atoms with Crippen LogP contribution in [0.4, 0.5) is 0 Å². The Morgan fingerprint density at radius 3 is 3.00 bits per heavy atom. The third-order valence-corrected chi connectivity index (χ3v) is 5.26. The second-order valence-corrected chi connectivity index (χ2v) is 7.76. The van der Waals surface area contributed by atoms with Crippen LogP contribution in [0.15, 0.2) is 10.2 Å². The fourth-order valence-corrected chi connectivity index (χ4v) is 3.83. The van der Waals surface area contributed by atoms with E-state index in [1.165, 1.54) is 6.26 Å². The molecule has 1 aliphatic rings. The lowest BCUT2D eigenvalue weighted by Gasteiger charge is -2.31. The third-order valence-electron chi connectivity index (χ3n) is 3.27. The average Bonchev–Trinajstić information content (AvgIpc) is 2.74. The number of nitrogens with zero attached hydrogens (tertiary/aromatic N) is 1. The number of piperidine rings is 1. The second-order valence-electron chi connectivity index (χ2n) is 4.93. The summed E-state index contributed by atoms with van der Waals surface area (Å²) in [7, 11) is -3.07. The minimum Gasteiger partial charge on any atom is -0.315 e. The van der Waals surface area contributed by atoms with Crippen molar-refractivity contribution in [2.75, 3.05) is 25.9 Å². The third kappa shape index (κ3) is 4.41. The standard InChI is InChI=1S/C11H19N3O3S2/c1-19(16,17)14-4-2-3-9(7-14)5-12-6-10-8-18-11(15)13-10/h8-9,12H,2-7H2,1H3,(H,13,15). The van der Waals surface area contributed by atoms with Crippen molar-refractivity contribution in [1.29, 1.82) is 0 Å². The van der Waals surface area contributed by atoms with Crippen molar-refractivity contribution in [3.05, 3.63) is 20.7 Å². The van der Waals surface area contributed by atoms with Crippen LogP contribution in [0, 0.1) is 5.92 Å². The van der Waals surface area contributed by atoms with Crippen molar-refractivity contribution >= 4 is 21.4 Å². The van der Waals surface area contributed by atoms with E-state index in [2.05, 4.69) is 10.3 Å². The van der Waals surface area contributed by atoms with E-state index in [0.717, 1.165) is 36.4 Å². The molecule has 0 radical (unpaired) electrons. The van der Waals surface area contributed by atoms with E-state index in [4.69, 9.17) is 0 Å². The summed E-state index contributed by atoms with van der Waals surface area (Å²) in [5, 5.41) is 5.08. The molecular formula is C11H19N3O3S2. The maximum atomic E-state index is 11.5. The summed E-state index contributed by atoms with van der Waals surface area (Å²) in [5.41, 5.74) is 0.880. The van der Waals surface area contributed by atoms with Gasteiger partial charge in [0.25, 0.3) is 0 Å². The van der Waals surface area contributed by atoms with Gasteiger partial charge in [0.05, 0.1) is 6.26 Å². The summed E-state index contributed by atoms with van der Waals surface area (Å²) in [5.74, 6) is 0.342. The van der Waals surface area contributed by atoms with Gasteiger partial charge in [0.15, 0.2) is 0 Å². The predicted molar refractivity (Wildman–Crippen MR) is 75.8 cm³/mol. The number of aromatic nitrogens is 1. The number of hydrogen-bond acceptors (Lipinski definition) is 5. The van der Waals surface area contributed by atoms with Crippen molar-refractivity contribution in [2.45, 2.75) is 19.4 Å². The van der Waals surface area contributed by atoms with Crippen molar-refractivity contribution in [3.8, 4) is 0 Å². The maximum absolute atomic E-state index is 11.5. The second kappa shape index (κ2) is 6.17. The molecule has 1 aromatic heterocycles. The van der Waals surface area contributed by atoms with Crippen molar-refractivity contribution in [1.82, 2.24) is 14.6 Å². The molecule has 108 valence electrons. The highest BCUT2D eigenvalue weighted by Crippen LogP contribution is 2.17. The van der Waals surface area contributed by atoms with Crippen LogP contribution in [0.3, 0.4) is 0 Å². The molecule has 2 heterocycles.